The number of halogens is 2. The maximum Gasteiger partial charge on any atom is 0.131 e. The van der Waals surface area contributed by atoms with Crippen molar-refractivity contribution in [3.63, 3.8) is 0 Å². The summed E-state index contributed by atoms with van der Waals surface area (Å²) < 4.78 is 2.60. The molecule has 21 heavy (non-hydrogen) atoms. The molecule has 0 amide bonds. The highest BCUT2D eigenvalue weighted by Crippen LogP contribution is 2.35. The summed E-state index contributed by atoms with van der Waals surface area (Å²) in [5.41, 5.74) is 3.73. The van der Waals surface area contributed by atoms with E-state index in [0.717, 1.165) is 10.9 Å². The lowest BCUT2D eigenvalue weighted by molar-refractivity contribution is 0.713. The van der Waals surface area contributed by atoms with Crippen molar-refractivity contribution in [1.29, 1.82) is 0 Å². The Morgan fingerprint density at radius 3 is 2.52 bits per heavy atom. The van der Waals surface area contributed by atoms with E-state index < -0.39 is 0 Å². The summed E-state index contributed by atoms with van der Waals surface area (Å²) in [4.78, 5) is 4.20. The predicted octanol–water partition coefficient (Wildman–Crippen LogP) is 5.80. The van der Waals surface area contributed by atoms with E-state index in [1.165, 1.54) is 11.3 Å². The molecular weight excluding hydrogens is 395 g/mol. The zero-order valence-corrected chi connectivity index (χ0v) is 14.8. The van der Waals surface area contributed by atoms with E-state index in [2.05, 4.69) is 76.3 Å². The average Bonchev–Trinajstić information content (AvgIpc) is 2.86. The molecule has 0 fully saturated rings. The fourth-order valence-electron chi connectivity index (χ4n) is 2.58. The Balaban J connectivity index is 2.24. The molecule has 2 heterocycles. The first-order chi connectivity index (χ1) is 10.1. The lowest BCUT2D eigenvalue weighted by Gasteiger charge is -2.19. The standard InChI is InChI=1S/C17H16ClIN2/c1-11(2)14-8-13-10-20-16(18)9-15(13)21(14)17(19)12-6-4-3-5-7-12/h3-11,17H,1-2H3. The highest BCUT2D eigenvalue weighted by Gasteiger charge is 2.19. The third-order valence-electron chi connectivity index (χ3n) is 3.61. The summed E-state index contributed by atoms with van der Waals surface area (Å²) >= 11 is 8.59. The second kappa shape index (κ2) is 5.97. The van der Waals surface area contributed by atoms with Crippen LogP contribution in [0.4, 0.5) is 0 Å². The molecule has 0 spiro atoms. The Morgan fingerprint density at radius 1 is 1.14 bits per heavy atom. The Bertz CT molecular complexity index is 765. The first-order valence-electron chi connectivity index (χ1n) is 6.93. The number of hydrogen-bond acceptors (Lipinski definition) is 1. The van der Waals surface area contributed by atoms with Crippen LogP contribution in [0.1, 0.15) is 35.1 Å². The van der Waals surface area contributed by atoms with Crippen LogP contribution in [0.5, 0.6) is 0 Å². The van der Waals surface area contributed by atoms with Gasteiger partial charge in [-0.3, -0.25) is 0 Å². The first kappa shape index (κ1) is 14.9. The van der Waals surface area contributed by atoms with Crippen LogP contribution in [0.3, 0.4) is 0 Å². The van der Waals surface area contributed by atoms with Crippen LogP contribution in [-0.4, -0.2) is 9.55 Å². The molecule has 1 atom stereocenters. The number of rotatable bonds is 3. The van der Waals surface area contributed by atoms with Gasteiger partial charge in [0, 0.05) is 17.3 Å². The van der Waals surface area contributed by atoms with Gasteiger partial charge >= 0.3 is 0 Å². The van der Waals surface area contributed by atoms with E-state index in [9.17, 15) is 0 Å². The van der Waals surface area contributed by atoms with E-state index in [1.807, 2.05) is 18.3 Å². The van der Waals surface area contributed by atoms with Crippen LogP contribution >= 0.6 is 34.2 Å². The molecule has 0 bridgehead atoms. The summed E-state index contributed by atoms with van der Waals surface area (Å²) in [7, 11) is 0. The summed E-state index contributed by atoms with van der Waals surface area (Å²) in [6.07, 6.45) is 1.86. The fourth-order valence-corrected chi connectivity index (χ4v) is 3.77. The lowest BCUT2D eigenvalue weighted by atomic mass is 10.1. The minimum absolute atomic E-state index is 0.233. The van der Waals surface area contributed by atoms with Gasteiger partial charge in [-0.25, -0.2) is 4.98 Å². The lowest BCUT2D eigenvalue weighted by Crippen LogP contribution is -2.08. The zero-order chi connectivity index (χ0) is 15.0. The van der Waals surface area contributed by atoms with Crippen LogP contribution in [0.25, 0.3) is 10.9 Å². The molecule has 3 rings (SSSR count). The third kappa shape index (κ3) is 2.81. The number of benzene rings is 1. The molecule has 4 heteroatoms. The molecule has 0 saturated carbocycles. The van der Waals surface area contributed by atoms with Crippen molar-refractivity contribution in [2.45, 2.75) is 23.8 Å². The normalized spacial score (nSPS) is 13.0. The van der Waals surface area contributed by atoms with Gasteiger partial charge in [-0.15, -0.1) is 0 Å². The number of nitrogens with zero attached hydrogens (tertiary/aromatic N) is 2. The number of fused-ring (bicyclic) bond motifs is 1. The quantitative estimate of drug-likeness (QED) is 0.303. The summed E-state index contributed by atoms with van der Waals surface area (Å²) in [5.74, 6) is 0.442. The maximum atomic E-state index is 6.10. The molecule has 0 N–H and O–H groups in total. The molecule has 0 aliphatic rings. The molecule has 0 aliphatic carbocycles. The minimum atomic E-state index is 0.233. The van der Waals surface area contributed by atoms with E-state index in [4.69, 9.17) is 11.6 Å². The van der Waals surface area contributed by atoms with Gasteiger partial charge < -0.3 is 4.57 Å². The largest absolute Gasteiger partial charge is 0.328 e. The Hall–Kier alpha value is -1.07. The van der Waals surface area contributed by atoms with Crippen LogP contribution in [0.15, 0.2) is 48.7 Å². The maximum absolute atomic E-state index is 6.10. The van der Waals surface area contributed by atoms with E-state index in [0.29, 0.717) is 11.1 Å². The number of pyridine rings is 1. The molecule has 1 aromatic carbocycles. The van der Waals surface area contributed by atoms with Gasteiger partial charge in [-0.1, -0.05) is 78.4 Å². The Kier molecular flexibility index (Phi) is 4.22. The molecule has 2 nitrogen and oxygen atoms in total. The second-order valence-corrected chi connectivity index (χ2v) is 6.97. The highest BCUT2D eigenvalue weighted by atomic mass is 127. The van der Waals surface area contributed by atoms with Gasteiger partial charge in [-0.2, -0.15) is 0 Å². The molecule has 0 aliphatic heterocycles. The van der Waals surface area contributed by atoms with Gasteiger partial charge in [0.25, 0.3) is 0 Å². The van der Waals surface area contributed by atoms with Crippen molar-refractivity contribution in [3.8, 4) is 0 Å². The van der Waals surface area contributed by atoms with E-state index >= 15 is 0 Å². The van der Waals surface area contributed by atoms with Crippen molar-refractivity contribution in [1.82, 2.24) is 9.55 Å². The van der Waals surface area contributed by atoms with E-state index in [1.54, 1.807) is 0 Å². The zero-order valence-electron chi connectivity index (χ0n) is 11.9. The van der Waals surface area contributed by atoms with Crippen LogP contribution in [0, 0.1) is 0 Å². The molecule has 108 valence electrons. The molecule has 3 aromatic rings. The smallest absolute Gasteiger partial charge is 0.131 e. The highest BCUT2D eigenvalue weighted by molar-refractivity contribution is 14.1. The summed E-state index contributed by atoms with van der Waals surface area (Å²) in [6, 6.07) is 14.7. The average molecular weight is 411 g/mol. The molecule has 1 unspecified atom stereocenters. The van der Waals surface area contributed by atoms with Gasteiger partial charge in [0.05, 0.1) is 5.52 Å². The number of hydrogen-bond donors (Lipinski definition) is 0. The number of alkyl halides is 1. The fraction of sp³-hybridized carbons (Fsp3) is 0.235. The van der Waals surface area contributed by atoms with Crippen LogP contribution in [-0.2, 0) is 0 Å². The monoisotopic (exact) mass is 410 g/mol. The van der Waals surface area contributed by atoms with Crippen molar-refractivity contribution in [2.75, 3.05) is 0 Å². The molecule has 2 aromatic heterocycles. The molecular formula is C17H16ClIN2. The third-order valence-corrected chi connectivity index (χ3v) is 5.10. The van der Waals surface area contributed by atoms with Gasteiger partial charge in [0.1, 0.15) is 9.20 Å². The van der Waals surface area contributed by atoms with Crippen molar-refractivity contribution < 1.29 is 0 Å². The van der Waals surface area contributed by atoms with Gasteiger partial charge in [0.15, 0.2) is 0 Å². The SMILES string of the molecule is CC(C)c1cc2cnc(Cl)cc2n1C(I)c1ccccc1. The summed E-state index contributed by atoms with van der Waals surface area (Å²) in [6.45, 7) is 4.43. The second-order valence-electron chi connectivity index (χ2n) is 5.41. The Labute approximate surface area is 143 Å². The van der Waals surface area contributed by atoms with E-state index in [-0.39, 0.29) is 4.05 Å². The van der Waals surface area contributed by atoms with Crippen molar-refractivity contribution >= 4 is 45.1 Å². The molecule has 0 saturated heterocycles. The summed E-state index contributed by atoms with van der Waals surface area (Å²) in [5, 5.41) is 1.68. The van der Waals surface area contributed by atoms with Gasteiger partial charge in [0.2, 0.25) is 0 Å². The Morgan fingerprint density at radius 2 is 1.86 bits per heavy atom. The van der Waals surface area contributed by atoms with Gasteiger partial charge in [-0.05, 0) is 23.6 Å². The molecule has 0 radical (unpaired) electrons. The minimum Gasteiger partial charge on any atom is -0.328 e. The van der Waals surface area contributed by atoms with Crippen molar-refractivity contribution in [3.05, 3.63) is 65.1 Å². The first-order valence-corrected chi connectivity index (χ1v) is 8.55. The topological polar surface area (TPSA) is 17.8 Å². The van der Waals surface area contributed by atoms with Crippen LogP contribution < -0.4 is 0 Å². The predicted molar refractivity (Wildman–Crippen MR) is 97.4 cm³/mol. The number of aromatic nitrogens is 2. The van der Waals surface area contributed by atoms with Crippen molar-refractivity contribution in [2.24, 2.45) is 0 Å². The van der Waals surface area contributed by atoms with Crippen LogP contribution in [0.2, 0.25) is 5.15 Å².